The van der Waals surface area contributed by atoms with E-state index in [1.165, 1.54) is 6.07 Å². The Labute approximate surface area is 138 Å². The Morgan fingerprint density at radius 3 is 2.67 bits per heavy atom. The largest absolute Gasteiger partial charge is 0.324 e. The first-order valence-electron chi connectivity index (χ1n) is 5.78. The molecule has 0 radical (unpaired) electrons. The van der Waals surface area contributed by atoms with Crippen molar-refractivity contribution in [1.82, 2.24) is 0 Å². The Balaban J connectivity index is 1.96. The summed E-state index contributed by atoms with van der Waals surface area (Å²) >= 11 is 10.2. The standard InChI is InChI=1S/C14H9BrClF2NOS/c15-8-1-3-12(10(16)5-8)19-14(20)7-21-13-4-2-9(17)6-11(13)18/h1-6H,7H2,(H,19,20). The molecule has 0 aliphatic heterocycles. The predicted octanol–water partition coefficient (Wildman–Crippen LogP) is 5.11. The molecule has 0 saturated carbocycles. The van der Waals surface area contributed by atoms with Gasteiger partial charge in [0.2, 0.25) is 5.91 Å². The summed E-state index contributed by atoms with van der Waals surface area (Å²) < 4.78 is 27.0. The van der Waals surface area contributed by atoms with Gasteiger partial charge in [-0.25, -0.2) is 8.78 Å². The number of hydrogen-bond acceptors (Lipinski definition) is 2. The monoisotopic (exact) mass is 391 g/mol. The van der Waals surface area contributed by atoms with Crippen molar-refractivity contribution in [1.29, 1.82) is 0 Å². The molecule has 0 bridgehead atoms. The maximum Gasteiger partial charge on any atom is 0.234 e. The summed E-state index contributed by atoms with van der Waals surface area (Å²) in [6, 6.07) is 8.29. The summed E-state index contributed by atoms with van der Waals surface area (Å²) in [7, 11) is 0. The SMILES string of the molecule is O=C(CSc1ccc(F)cc1F)Nc1ccc(Br)cc1Cl. The number of carbonyl (C=O) groups is 1. The summed E-state index contributed by atoms with van der Waals surface area (Å²) in [5.74, 6) is -1.67. The number of halogens is 4. The second-order valence-corrected chi connectivity index (χ2v) is 6.38. The molecule has 21 heavy (non-hydrogen) atoms. The molecular formula is C14H9BrClF2NOS. The lowest BCUT2D eigenvalue weighted by Crippen LogP contribution is -2.14. The number of amides is 1. The van der Waals surface area contributed by atoms with E-state index in [2.05, 4.69) is 21.2 Å². The van der Waals surface area contributed by atoms with E-state index in [-0.39, 0.29) is 16.6 Å². The molecule has 0 atom stereocenters. The molecule has 0 spiro atoms. The molecular weight excluding hydrogens is 384 g/mol. The van der Waals surface area contributed by atoms with Gasteiger partial charge in [-0.05, 0) is 30.3 Å². The van der Waals surface area contributed by atoms with Crippen molar-refractivity contribution < 1.29 is 13.6 Å². The zero-order chi connectivity index (χ0) is 15.4. The molecule has 0 aliphatic carbocycles. The molecule has 1 amide bonds. The minimum atomic E-state index is -0.686. The second kappa shape index (κ2) is 7.24. The summed E-state index contributed by atoms with van der Waals surface area (Å²) in [6.45, 7) is 0. The molecule has 0 saturated heterocycles. The van der Waals surface area contributed by atoms with Crippen molar-refractivity contribution in [3.63, 3.8) is 0 Å². The maximum atomic E-state index is 13.4. The molecule has 0 aliphatic rings. The molecule has 0 heterocycles. The molecule has 2 aromatic rings. The third-order valence-corrected chi connectivity index (χ3v) is 4.31. The van der Waals surface area contributed by atoms with Gasteiger partial charge >= 0.3 is 0 Å². The van der Waals surface area contributed by atoms with Crippen LogP contribution in [0.3, 0.4) is 0 Å². The number of rotatable bonds is 4. The highest BCUT2D eigenvalue weighted by Gasteiger charge is 2.10. The van der Waals surface area contributed by atoms with E-state index >= 15 is 0 Å². The fourth-order valence-corrected chi connectivity index (χ4v) is 2.95. The normalized spacial score (nSPS) is 10.5. The van der Waals surface area contributed by atoms with E-state index in [0.717, 1.165) is 28.4 Å². The van der Waals surface area contributed by atoms with Gasteiger partial charge in [-0.3, -0.25) is 4.79 Å². The maximum absolute atomic E-state index is 13.4. The zero-order valence-corrected chi connectivity index (χ0v) is 13.7. The third-order valence-electron chi connectivity index (χ3n) is 2.46. The van der Waals surface area contributed by atoms with E-state index in [4.69, 9.17) is 11.6 Å². The van der Waals surface area contributed by atoms with Crippen molar-refractivity contribution in [3.8, 4) is 0 Å². The van der Waals surface area contributed by atoms with E-state index < -0.39 is 11.6 Å². The van der Waals surface area contributed by atoms with Crippen LogP contribution in [0.25, 0.3) is 0 Å². The van der Waals surface area contributed by atoms with Crippen LogP contribution in [-0.4, -0.2) is 11.7 Å². The quantitative estimate of drug-likeness (QED) is 0.733. The number of hydrogen-bond donors (Lipinski definition) is 1. The van der Waals surface area contributed by atoms with E-state index in [1.54, 1.807) is 18.2 Å². The Morgan fingerprint density at radius 2 is 2.00 bits per heavy atom. The highest BCUT2D eigenvalue weighted by Crippen LogP contribution is 2.27. The first-order chi connectivity index (χ1) is 9.95. The highest BCUT2D eigenvalue weighted by atomic mass is 79.9. The lowest BCUT2D eigenvalue weighted by Gasteiger charge is -2.08. The fourth-order valence-electron chi connectivity index (χ4n) is 1.51. The Morgan fingerprint density at radius 1 is 1.24 bits per heavy atom. The van der Waals surface area contributed by atoms with Crippen molar-refractivity contribution in [2.24, 2.45) is 0 Å². The number of benzene rings is 2. The first-order valence-corrected chi connectivity index (χ1v) is 7.94. The number of anilines is 1. The smallest absolute Gasteiger partial charge is 0.234 e. The topological polar surface area (TPSA) is 29.1 Å². The average Bonchev–Trinajstić information content (AvgIpc) is 2.41. The third kappa shape index (κ3) is 4.69. The second-order valence-electron chi connectivity index (χ2n) is 4.04. The molecule has 2 rings (SSSR count). The molecule has 2 aromatic carbocycles. The van der Waals surface area contributed by atoms with Gasteiger partial charge in [0, 0.05) is 15.4 Å². The van der Waals surface area contributed by atoms with E-state index in [9.17, 15) is 13.6 Å². The van der Waals surface area contributed by atoms with Gasteiger partial charge in [-0.1, -0.05) is 27.5 Å². The number of carbonyl (C=O) groups excluding carboxylic acids is 1. The van der Waals surface area contributed by atoms with E-state index in [1.807, 2.05) is 0 Å². The lowest BCUT2D eigenvalue weighted by atomic mass is 10.3. The van der Waals surface area contributed by atoms with Gasteiger partial charge in [0.05, 0.1) is 16.5 Å². The van der Waals surface area contributed by atoms with Crippen LogP contribution in [0.4, 0.5) is 14.5 Å². The summed E-state index contributed by atoms with van der Waals surface area (Å²) in [4.78, 5) is 12.0. The predicted molar refractivity (Wildman–Crippen MR) is 84.9 cm³/mol. The van der Waals surface area contributed by atoms with Crippen LogP contribution in [0.2, 0.25) is 5.02 Å². The molecule has 7 heteroatoms. The number of thioether (sulfide) groups is 1. The minimum absolute atomic E-state index is 0.00501. The Bertz CT molecular complexity index is 684. The Hall–Kier alpha value is -1.11. The average molecular weight is 393 g/mol. The van der Waals surface area contributed by atoms with Gasteiger partial charge in [-0.2, -0.15) is 0 Å². The van der Waals surface area contributed by atoms with Gasteiger partial charge in [0.1, 0.15) is 11.6 Å². The van der Waals surface area contributed by atoms with Crippen molar-refractivity contribution in [2.75, 3.05) is 11.1 Å². The highest BCUT2D eigenvalue weighted by molar-refractivity contribution is 9.10. The molecule has 2 nitrogen and oxygen atoms in total. The Kier molecular flexibility index (Phi) is 5.61. The lowest BCUT2D eigenvalue weighted by molar-refractivity contribution is -0.113. The van der Waals surface area contributed by atoms with Gasteiger partial charge in [0.25, 0.3) is 0 Å². The molecule has 0 fully saturated rings. The summed E-state index contributed by atoms with van der Waals surface area (Å²) in [6.07, 6.45) is 0. The van der Waals surface area contributed by atoms with Crippen LogP contribution >= 0.6 is 39.3 Å². The van der Waals surface area contributed by atoms with Crippen molar-refractivity contribution in [3.05, 3.63) is 57.5 Å². The fraction of sp³-hybridized carbons (Fsp3) is 0.0714. The van der Waals surface area contributed by atoms with Crippen LogP contribution in [0, 0.1) is 11.6 Å². The van der Waals surface area contributed by atoms with Crippen molar-refractivity contribution >= 4 is 50.9 Å². The molecule has 0 aromatic heterocycles. The van der Waals surface area contributed by atoms with Crippen molar-refractivity contribution in [2.45, 2.75) is 4.90 Å². The summed E-state index contributed by atoms with van der Waals surface area (Å²) in [5.41, 5.74) is 0.477. The van der Waals surface area contributed by atoms with E-state index in [0.29, 0.717) is 10.7 Å². The first kappa shape index (κ1) is 16.3. The molecule has 110 valence electrons. The van der Waals surface area contributed by atoms with Gasteiger partial charge < -0.3 is 5.32 Å². The minimum Gasteiger partial charge on any atom is -0.324 e. The van der Waals surface area contributed by atoms with Crippen LogP contribution in [0.5, 0.6) is 0 Å². The molecule has 1 N–H and O–H groups in total. The van der Waals surface area contributed by atoms with Crippen LogP contribution in [0.1, 0.15) is 0 Å². The number of nitrogens with one attached hydrogen (secondary N) is 1. The van der Waals surface area contributed by atoms with Crippen LogP contribution < -0.4 is 5.32 Å². The van der Waals surface area contributed by atoms with Gasteiger partial charge in [-0.15, -0.1) is 11.8 Å². The zero-order valence-electron chi connectivity index (χ0n) is 10.5. The summed E-state index contributed by atoms with van der Waals surface area (Å²) in [5, 5.41) is 3.03. The van der Waals surface area contributed by atoms with Crippen LogP contribution in [-0.2, 0) is 4.79 Å². The van der Waals surface area contributed by atoms with Gasteiger partial charge in [0.15, 0.2) is 0 Å². The van der Waals surface area contributed by atoms with Crippen LogP contribution in [0.15, 0.2) is 45.8 Å². The molecule has 0 unspecified atom stereocenters.